The average Bonchev–Trinajstić information content (AvgIpc) is 2.45. The minimum atomic E-state index is -1.22. The third-order valence-corrected chi connectivity index (χ3v) is 6.08. The zero-order valence-corrected chi connectivity index (χ0v) is 13.2. The van der Waals surface area contributed by atoms with E-state index in [0.29, 0.717) is 5.03 Å². The number of alkyl halides is 3. The summed E-state index contributed by atoms with van der Waals surface area (Å²) in [4.78, 5) is 0. The lowest BCUT2D eigenvalue weighted by Crippen LogP contribution is -2.33. The van der Waals surface area contributed by atoms with Crippen LogP contribution in [0, 0.1) is 0 Å². The monoisotopic (exact) mass is 340 g/mol. The first-order valence-electron chi connectivity index (χ1n) is 6.18. The second-order valence-electron chi connectivity index (χ2n) is 5.01. The average molecular weight is 342 g/mol. The Balaban J connectivity index is 2.39. The van der Waals surface area contributed by atoms with E-state index < -0.39 is 9.71 Å². The van der Waals surface area contributed by atoms with E-state index in [2.05, 4.69) is 18.2 Å². The maximum Gasteiger partial charge on any atom is 0.164 e. The summed E-state index contributed by atoms with van der Waals surface area (Å²) in [5, 5.41) is 5.20. The van der Waals surface area contributed by atoms with Crippen LogP contribution in [0.4, 0.5) is 0 Å². The van der Waals surface area contributed by atoms with Crippen molar-refractivity contribution in [2.45, 2.75) is 9.71 Å². The summed E-state index contributed by atoms with van der Waals surface area (Å²) in [6, 6.07) is 14.2. The quantitative estimate of drug-likeness (QED) is 0.486. The van der Waals surface area contributed by atoms with Crippen molar-refractivity contribution in [1.29, 1.82) is 0 Å². The van der Waals surface area contributed by atoms with E-state index in [1.54, 1.807) is 0 Å². The summed E-state index contributed by atoms with van der Waals surface area (Å²) >= 11 is 25.7. The standard InChI is InChI=1S/C16H8Cl4/c17-14-10-6-4-8-2-1-3-9-5-7-11(13(10)12(8)9)16(19,20)15(14)18/h1-7,15H. The van der Waals surface area contributed by atoms with Crippen molar-refractivity contribution in [3.63, 3.8) is 0 Å². The molecule has 20 heavy (non-hydrogen) atoms. The fourth-order valence-corrected chi connectivity index (χ4v) is 4.19. The van der Waals surface area contributed by atoms with E-state index in [4.69, 9.17) is 46.4 Å². The molecule has 0 aliphatic heterocycles. The summed E-state index contributed by atoms with van der Waals surface area (Å²) in [6.07, 6.45) is 0. The Morgan fingerprint density at radius 3 is 2.20 bits per heavy atom. The van der Waals surface area contributed by atoms with Gasteiger partial charge in [0.15, 0.2) is 4.33 Å². The molecule has 0 saturated heterocycles. The molecule has 0 nitrogen and oxygen atoms in total. The molecule has 0 fully saturated rings. The first-order chi connectivity index (χ1) is 9.51. The van der Waals surface area contributed by atoms with Crippen LogP contribution in [0.1, 0.15) is 5.56 Å². The molecule has 0 bridgehead atoms. The third kappa shape index (κ3) is 1.51. The second-order valence-corrected chi connectivity index (χ2v) is 7.24. The molecule has 0 heterocycles. The van der Waals surface area contributed by atoms with Crippen LogP contribution < -0.4 is 5.22 Å². The zero-order valence-electron chi connectivity index (χ0n) is 10.1. The smallest absolute Gasteiger partial charge is 0.113 e. The van der Waals surface area contributed by atoms with Gasteiger partial charge in [0.25, 0.3) is 0 Å². The number of hydrogen-bond acceptors (Lipinski definition) is 0. The molecule has 100 valence electrons. The van der Waals surface area contributed by atoms with Crippen LogP contribution in [0.5, 0.6) is 0 Å². The predicted octanol–water partition coefficient (Wildman–Crippen LogP) is 5.31. The first kappa shape index (κ1) is 13.0. The number of halogens is 4. The molecule has 3 aromatic carbocycles. The Hall–Kier alpha value is -0.660. The van der Waals surface area contributed by atoms with Crippen molar-refractivity contribution >= 4 is 73.0 Å². The van der Waals surface area contributed by atoms with Crippen LogP contribution in [0.25, 0.3) is 26.6 Å². The lowest BCUT2D eigenvalue weighted by atomic mass is 9.89. The SMILES string of the molecule is ClC1=c2ccc3cccc4ccc(c2c43)C(Cl)(Cl)C1Cl. The summed E-state index contributed by atoms with van der Waals surface area (Å²) in [5.41, 5.74) is 0.824. The summed E-state index contributed by atoms with van der Waals surface area (Å²) in [7, 11) is 0. The molecule has 0 amide bonds. The highest BCUT2D eigenvalue weighted by Gasteiger charge is 2.42. The fraction of sp³-hybridized carbons (Fsp3) is 0.125. The van der Waals surface area contributed by atoms with Crippen molar-refractivity contribution in [3.05, 3.63) is 53.2 Å². The second kappa shape index (κ2) is 4.18. The number of rotatable bonds is 0. The molecule has 0 N–H and O–H groups in total. The van der Waals surface area contributed by atoms with Gasteiger partial charge in [0.2, 0.25) is 0 Å². The lowest BCUT2D eigenvalue weighted by molar-refractivity contribution is 0.895. The molecule has 0 aromatic heterocycles. The van der Waals surface area contributed by atoms with Crippen LogP contribution >= 0.6 is 46.4 Å². The van der Waals surface area contributed by atoms with Crippen molar-refractivity contribution in [1.82, 2.24) is 0 Å². The van der Waals surface area contributed by atoms with Gasteiger partial charge in [-0.3, -0.25) is 0 Å². The highest BCUT2D eigenvalue weighted by atomic mass is 35.5. The van der Waals surface area contributed by atoms with Gasteiger partial charge in [0.1, 0.15) is 5.38 Å². The molecule has 0 spiro atoms. The van der Waals surface area contributed by atoms with Gasteiger partial charge in [0, 0.05) is 5.03 Å². The van der Waals surface area contributed by atoms with Gasteiger partial charge >= 0.3 is 0 Å². The van der Waals surface area contributed by atoms with Gasteiger partial charge in [-0.2, -0.15) is 0 Å². The molecular weight excluding hydrogens is 334 g/mol. The minimum Gasteiger partial charge on any atom is -0.113 e. The van der Waals surface area contributed by atoms with Crippen LogP contribution in [0.2, 0.25) is 0 Å². The Bertz CT molecular complexity index is 895. The van der Waals surface area contributed by atoms with Gasteiger partial charge in [-0.1, -0.05) is 77.3 Å². The van der Waals surface area contributed by atoms with E-state index in [1.165, 1.54) is 0 Å². The van der Waals surface area contributed by atoms with Crippen molar-refractivity contribution in [3.8, 4) is 0 Å². The van der Waals surface area contributed by atoms with Gasteiger partial charge in [0.05, 0.1) is 0 Å². The van der Waals surface area contributed by atoms with Crippen molar-refractivity contribution < 1.29 is 0 Å². The highest BCUT2D eigenvalue weighted by molar-refractivity contribution is 6.60. The largest absolute Gasteiger partial charge is 0.164 e. The molecule has 1 unspecified atom stereocenters. The molecule has 4 heteroatoms. The van der Waals surface area contributed by atoms with E-state index in [0.717, 1.165) is 32.3 Å². The Morgan fingerprint density at radius 2 is 1.50 bits per heavy atom. The molecular formula is C16H8Cl4. The molecule has 3 aromatic rings. The van der Waals surface area contributed by atoms with Gasteiger partial charge < -0.3 is 0 Å². The summed E-state index contributed by atoms with van der Waals surface area (Å²) < 4.78 is -1.22. The first-order valence-corrected chi connectivity index (χ1v) is 7.75. The summed E-state index contributed by atoms with van der Waals surface area (Å²) in [6.45, 7) is 0. The summed E-state index contributed by atoms with van der Waals surface area (Å²) in [5.74, 6) is 0. The van der Waals surface area contributed by atoms with Crippen molar-refractivity contribution in [2.24, 2.45) is 0 Å². The molecule has 0 radical (unpaired) electrons. The molecule has 1 aliphatic carbocycles. The number of benzene rings is 3. The van der Waals surface area contributed by atoms with Crippen LogP contribution in [-0.4, -0.2) is 5.38 Å². The van der Waals surface area contributed by atoms with Crippen LogP contribution in [0.3, 0.4) is 0 Å². The highest BCUT2D eigenvalue weighted by Crippen LogP contribution is 2.49. The van der Waals surface area contributed by atoms with Gasteiger partial charge in [-0.05, 0) is 32.3 Å². The van der Waals surface area contributed by atoms with E-state index >= 15 is 0 Å². The fourth-order valence-electron chi connectivity index (χ4n) is 2.99. The van der Waals surface area contributed by atoms with Crippen LogP contribution in [0.15, 0.2) is 42.5 Å². The molecule has 1 atom stereocenters. The third-order valence-electron chi connectivity index (χ3n) is 3.93. The Morgan fingerprint density at radius 1 is 0.850 bits per heavy atom. The van der Waals surface area contributed by atoms with Crippen molar-refractivity contribution in [2.75, 3.05) is 0 Å². The normalized spacial score (nSPS) is 20.8. The van der Waals surface area contributed by atoms with Crippen LogP contribution in [-0.2, 0) is 4.33 Å². The number of hydrogen-bond donors (Lipinski definition) is 0. The lowest BCUT2D eigenvalue weighted by Gasteiger charge is -2.31. The van der Waals surface area contributed by atoms with E-state index in [9.17, 15) is 0 Å². The van der Waals surface area contributed by atoms with Gasteiger partial charge in [-0.15, -0.1) is 11.6 Å². The zero-order chi connectivity index (χ0) is 14.1. The van der Waals surface area contributed by atoms with Gasteiger partial charge in [-0.25, -0.2) is 0 Å². The van der Waals surface area contributed by atoms with E-state index in [1.807, 2.05) is 24.3 Å². The molecule has 0 saturated carbocycles. The maximum absolute atomic E-state index is 6.48. The topological polar surface area (TPSA) is 0 Å². The Kier molecular flexibility index (Phi) is 2.72. The van der Waals surface area contributed by atoms with E-state index in [-0.39, 0.29) is 0 Å². The Labute approximate surface area is 135 Å². The molecule has 4 rings (SSSR count). The maximum atomic E-state index is 6.48. The minimum absolute atomic E-state index is 0.502. The predicted molar refractivity (Wildman–Crippen MR) is 89.0 cm³/mol. The molecule has 1 aliphatic rings.